The molecule has 0 saturated carbocycles. The van der Waals surface area contributed by atoms with Gasteiger partial charge in [0, 0.05) is 0 Å². The van der Waals surface area contributed by atoms with Crippen molar-refractivity contribution in [2.24, 2.45) is 0 Å². The predicted octanol–water partition coefficient (Wildman–Crippen LogP) is 1.73. The van der Waals surface area contributed by atoms with Gasteiger partial charge in [0.15, 0.2) is 11.4 Å². The summed E-state index contributed by atoms with van der Waals surface area (Å²) in [5.74, 6) is -0.0896. The Balaban J connectivity index is 2.04. The van der Waals surface area contributed by atoms with Crippen molar-refractivity contribution >= 4 is 45.8 Å². The number of nitrogens with two attached hydrogens (primary N) is 1. The Morgan fingerprint density at radius 3 is 2.94 bits per heavy atom. The first kappa shape index (κ1) is 10.8. The van der Waals surface area contributed by atoms with E-state index in [0.717, 1.165) is 17.3 Å². The molecular weight excluding hydrogens is 254 g/mol. The summed E-state index contributed by atoms with van der Waals surface area (Å²) >= 11 is 0.871. The third kappa shape index (κ3) is 1.74. The second-order valence-electron chi connectivity index (χ2n) is 3.68. The van der Waals surface area contributed by atoms with Crippen LogP contribution >= 0.6 is 11.8 Å². The fourth-order valence-electron chi connectivity index (χ4n) is 1.64. The van der Waals surface area contributed by atoms with Crippen molar-refractivity contribution in [3.8, 4) is 0 Å². The highest BCUT2D eigenvalue weighted by atomic mass is 32.2. The Hall–Kier alpha value is -2.28. The van der Waals surface area contributed by atoms with Crippen LogP contribution in [-0.2, 0) is 4.79 Å². The van der Waals surface area contributed by atoms with E-state index >= 15 is 0 Å². The van der Waals surface area contributed by atoms with E-state index < -0.39 is 0 Å². The Morgan fingerprint density at radius 1 is 1.39 bits per heavy atom. The summed E-state index contributed by atoms with van der Waals surface area (Å²) in [5.41, 5.74) is 6.97. The lowest BCUT2D eigenvalue weighted by Crippen LogP contribution is -2.17. The molecule has 1 aliphatic rings. The molecular formula is C11H7N3O3S. The third-order valence-electron chi connectivity index (χ3n) is 2.46. The Bertz CT molecular complexity index is 705. The second kappa shape index (κ2) is 3.88. The van der Waals surface area contributed by atoms with E-state index in [4.69, 9.17) is 10.3 Å². The van der Waals surface area contributed by atoms with Crippen molar-refractivity contribution in [1.82, 2.24) is 10.5 Å². The zero-order chi connectivity index (χ0) is 12.7. The van der Waals surface area contributed by atoms with E-state index in [-0.39, 0.29) is 11.1 Å². The van der Waals surface area contributed by atoms with Crippen LogP contribution in [-0.4, -0.2) is 16.3 Å². The molecule has 18 heavy (non-hydrogen) atoms. The lowest BCUT2D eigenvalue weighted by atomic mass is 10.1. The van der Waals surface area contributed by atoms with E-state index in [0.29, 0.717) is 21.7 Å². The van der Waals surface area contributed by atoms with Crippen molar-refractivity contribution in [2.75, 3.05) is 5.73 Å². The summed E-state index contributed by atoms with van der Waals surface area (Å²) in [6.45, 7) is 0. The molecule has 0 aliphatic carbocycles. The van der Waals surface area contributed by atoms with Crippen LogP contribution in [0.5, 0.6) is 0 Å². The molecule has 1 fully saturated rings. The summed E-state index contributed by atoms with van der Waals surface area (Å²) in [7, 11) is 0. The number of thioether (sulfide) groups is 1. The van der Waals surface area contributed by atoms with E-state index in [1.54, 1.807) is 24.3 Å². The van der Waals surface area contributed by atoms with Gasteiger partial charge in [-0.25, -0.2) is 0 Å². The standard InChI is InChI=1S/C11H7N3O3S/c12-9-6-3-5(1-2-7(6)17-14-9)4-8-10(15)13-11(16)18-8/h1-4H,(H2,12,14)(H,13,15,16)/b8-4-. The highest BCUT2D eigenvalue weighted by molar-refractivity contribution is 8.18. The molecule has 1 aliphatic heterocycles. The third-order valence-corrected chi connectivity index (χ3v) is 3.27. The molecule has 0 spiro atoms. The summed E-state index contributed by atoms with van der Waals surface area (Å²) < 4.78 is 4.98. The number of hydrogen-bond donors (Lipinski definition) is 2. The van der Waals surface area contributed by atoms with E-state index in [1.807, 2.05) is 0 Å². The first-order chi connectivity index (χ1) is 8.63. The summed E-state index contributed by atoms with van der Waals surface area (Å²) in [6.07, 6.45) is 1.62. The number of fused-ring (bicyclic) bond motifs is 1. The largest absolute Gasteiger partial charge is 0.380 e. The van der Waals surface area contributed by atoms with Crippen molar-refractivity contribution in [3.63, 3.8) is 0 Å². The predicted molar refractivity (Wildman–Crippen MR) is 67.5 cm³/mol. The summed E-state index contributed by atoms with van der Waals surface area (Å²) in [4.78, 5) is 22.8. The zero-order valence-corrected chi connectivity index (χ0v) is 9.78. The summed E-state index contributed by atoms with van der Waals surface area (Å²) in [5, 5.41) is 6.15. The molecule has 1 saturated heterocycles. The normalized spacial score (nSPS) is 17.7. The van der Waals surface area contributed by atoms with Gasteiger partial charge in [0.1, 0.15) is 0 Å². The second-order valence-corrected chi connectivity index (χ2v) is 4.69. The first-order valence-electron chi connectivity index (χ1n) is 5.03. The van der Waals surface area contributed by atoms with Gasteiger partial charge in [-0.05, 0) is 35.5 Å². The number of nitrogens with one attached hydrogen (secondary N) is 1. The van der Waals surface area contributed by atoms with Crippen LogP contribution in [0.15, 0.2) is 27.6 Å². The average Bonchev–Trinajstić information content (AvgIpc) is 2.84. The highest BCUT2D eigenvalue weighted by Gasteiger charge is 2.24. The van der Waals surface area contributed by atoms with E-state index in [2.05, 4.69) is 10.5 Å². The van der Waals surface area contributed by atoms with Gasteiger partial charge in [0.05, 0.1) is 10.3 Å². The van der Waals surface area contributed by atoms with Gasteiger partial charge in [0.2, 0.25) is 0 Å². The maximum Gasteiger partial charge on any atom is 0.290 e. The number of nitrogens with zero attached hydrogens (tertiary/aromatic N) is 1. The molecule has 6 nitrogen and oxygen atoms in total. The molecule has 2 aromatic rings. The number of hydrogen-bond acceptors (Lipinski definition) is 6. The minimum Gasteiger partial charge on any atom is -0.380 e. The van der Waals surface area contributed by atoms with Gasteiger partial charge in [-0.3, -0.25) is 14.9 Å². The lowest BCUT2D eigenvalue weighted by molar-refractivity contribution is -0.115. The Kier molecular flexibility index (Phi) is 2.34. The van der Waals surface area contributed by atoms with Gasteiger partial charge in [-0.15, -0.1) is 0 Å². The molecule has 3 N–H and O–H groups in total. The molecule has 2 amide bonds. The van der Waals surface area contributed by atoms with Gasteiger partial charge in [-0.2, -0.15) is 0 Å². The number of carbonyl (C=O) groups is 2. The molecule has 90 valence electrons. The number of carbonyl (C=O) groups excluding carboxylic acids is 2. The number of nitrogen functional groups attached to an aromatic ring is 1. The van der Waals surface area contributed by atoms with Crippen LogP contribution in [0.2, 0.25) is 0 Å². The van der Waals surface area contributed by atoms with E-state index in [9.17, 15) is 9.59 Å². The molecule has 2 heterocycles. The lowest BCUT2D eigenvalue weighted by Gasteiger charge is -1.95. The molecule has 1 aromatic carbocycles. The topological polar surface area (TPSA) is 98.2 Å². The van der Waals surface area contributed by atoms with Crippen LogP contribution in [0, 0.1) is 0 Å². The van der Waals surface area contributed by atoms with Gasteiger partial charge in [-0.1, -0.05) is 11.2 Å². The SMILES string of the molecule is Nc1noc2ccc(/C=C3\SC(=O)NC3=O)cc12. The van der Waals surface area contributed by atoms with E-state index in [1.165, 1.54) is 0 Å². The van der Waals surface area contributed by atoms with Crippen LogP contribution in [0.4, 0.5) is 10.6 Å². The molecule has 0 atom stereocenters. The molecule has 1 aromatic heterocycles. The average molecular weight is 261 g/mol. The van der Waals surface area contributed by atoms with Crippen LogP contribution < -0.4 is 11.1 Å². The van der Waals surface area contributed by atoms with Gasteiger partial charge >= 0.3 is 0 Å². The Labute approximate surface area is 105 Å². The van der Waals surface area contributed by atoms with Crippen molar-refractivity contribution in [3.05, 3.63) is 28.7 Å². The summed E-state index contributed by atoms with van der Waals surface area (Å²) in [6, 6.07) is 5.23. The number of imide groups is 1. The molecule has 0 bridgehead atoms. The minimum absolute atomic E-state index is 0.296. The quantitative estimate of drug-likeness (QED) is 0.758. The van der Waals surface area contributed by atoms with Crippen molar-refractivity contribution in [1.29, 1.82) is 0 Å². The van der Waals surface area contributed by atoms with Gasteiger partial charge < -0.3 is 10.3 Å². The first-order valence-corrected chi connectivity index (χ1v) is 5.85. The monoisotopic (exact) mass is 261 g/mol. The molecule has 7 heteroatoms. The van der Waals surface area contributed by atoms with Crippen LogP contribution in [0.3, 0.4) is 0 Å². The van der Waals surface area contributed by atoms with Crippen molar-refractivity contribution < 1.29 is 14.1 Å². The molecule has 3 rings (SSSR count). The number of amides is 2. The molecule has 0 radical (unpaired) electrons. The maximum atomic E-state index is 11.4. The Morgan fingerprint density at radius 2 is 2.22 bits per heavy atom. The smallest absolute Gasteiger partial charge is 0.290 e. The highest BCUT2D eigenvalue weighted by Crippen LogP contribution is 2.27. The number of rotatable bonds is 1. The fraction of sp³-hybridized carbons (Fsp3) is 0. The minimum atomic E-state index is -0.386. The fourth-order valence-corrected chi connectivity index (χ4v) is 2.32. The number of anilines is 1. The molecule has 0 unspecified atom stereocenters. The maximum absolute atomic E-state index is 11.4. The van der Waals surface area contributed by atoms with Crippen LogP contribution in [0.25, 0.3) is 17.0 Å². The zero-order valence-electron chi connectivity index (χ0n) is 8.97. The number of aromatic nitrogens is 1. The number of benzene rings is 1. The van der Waals surface area contributed by atoms with Crippen molar-refractivity contribution in [2.45, 2.75) is 0 Å². The van der Waals surface area contributed by atoms with Crippen LogP contribution in [0.1, 0.15) is 5.56 Å². The van der Waals surface area contributed by atoms with Gasteiger partial charge in [0.25, 0.3) is 11.1 Å².